The molecule has 1 amide bonds. The standard InChI is InChI=1S/C15H22N2O4/c1-20-13-7-11(8-14(9-13)21-2)16-15(19)10-17(5-6-18)12-3-4-12/h7-9,12,18H,3-6,10H2,1-2H3,(H,16,19). The smallest absolute Gasteiger partial charge is 0.238 e. The maximum atomic E-state index is 12.1. The van der Waals surface area contributed by atoms with Gasteiger partial charge in [0.15, 0.2) is 0 Å². The quantitative estimate of drug-likeness (QED) is 0.751. The van der Waals surface area contributed by atoms with Gasteiger partial charge in [-0.05, 0) is 12.8 Å². The molecule has 6 heteroatoms. The van der Waals surface area contributed by atoms with Crippen molar-refractivity contribution in [3.05, 3.63) is 18.2 Å². The van der Waals surface area contributed by atoms with Gasteiger partial charge in [-0.3, -0.25) is 9.69 Å². The molecule has 0 saturated heterocycles. The predicted octanol–water partition coefficient (Wildman–Crippen LogP) is 1.10. The monoisotopic (exact) mass is 294 g/mol. The van der Waals surface area contributed by atoms with Crippen LogP contribution in [-0.4, -0.2) is 55.9 Å². The van der Waals surface area contributed by atoms with Gasteiger partial charge < -0.3 is 19.9 Å². The van der Waals surface area contributed by atoms with Crippen molar-refractivity contribution in [2.24, 2.45) is 0 Å². The lowest BCUT2D eigenvalue weighted by atomic mass is 10.2. The number of anilines is 1. The Bertz CT molecular complexity index is 466. The zero-order valence-corrected chi connectivity index (χ0v) is 12.5. The van der Waals surface area contributed by atoms with E-state index in [2.05, 4.69) is 5.32 Å². The molecule has 0 atom stereocenters. The summed E-state index contributed by atoms with van der Waals surface area (Å²) in [6.45, 7) is 0.876. The maximum Gasteiger partial charge on any atom is 0.238 e. The van der Waals surface area contributed by atoms with Crippen LogP contribution >= 0.6 is 0 Å². The Hall–Kier alpha value is -1.79. The van der Waals surface area contributed by atoms with Crippen LogP contribution in [0, 0.1) is 0 Å². The van der Waals surface area contributed by atoms with Crippen LogP contribution in [0.1, 0.15) is 12.8 Å². The minimum absolute atomic E-state index is 0.0662. The second-order valence-electron chi connectivity index (χ2n) is 5.07. The molecule has 0 aliphatic heterocycles. The molecule has 2 rings (SSSR count). The Labute approximate surface area is 124 Å². The SMILES string of the molecule is COc1cc(NC(=O)CN(CCO)C2CC2)cc(OC)c1. The zero-order chi connectivity index (χ0) is 15.2. The molecule has 0 radical (unpaired) electrons. The molecule has 0 spiro atoms. The van der Waals surface area contributed by atoms with Crippen molar-refractivity contribution in [2.45, 2.75) is 18.9 Å². The van der Waals surface area contributed by atoms with E-state index in [4.69, 9.17) is 14.6 Å². The summed E-state index contributed by atoms with van der Waals surface area (Å²) in [5, 5.41) is 11.9. The average Bonchev–Trinajstić information content (AvgIpc) is 3.30. The first-order chi connectivity index (χ1) is 10.2. The number of nitrogens with one attached hydrogen (secondary N) is 1. The van der Waals surface area contributed by atoms with E-state index in [1.165, 1.54) is 0 Å². The Balaban J connectivity index is 1.97. The van der Waals surface area contributed by atoms with Crippen LogP contribution in [0.25, 0.3) is 0 Å². The van der Waals surface area contributed by atoms with Crippen molar-refractivity contribution in [3.8, 4) is 11.5 Å². The fourth-order valence-corrected chi connectivity index (χ4v) is 2.22. The Morgan fingerprint density at radius 2 is 1.90 bits per heavy atom. The van der Waals surface area contributed by atoms with Crippen LogP contribution in [-0.2, 0) is 4.79 Å². The van der Waals surface area contributed by atoms with Gasteiger partial charge >= 0.3 is 0 Å². The van der Waals surface area contributed by atoms with Gasteiger partial charge in [0.25, 0.3) is 0 Å². The molecule has 1 aromatic carbocycles. The number of ether oxygens (including phenoxy) is 2. The van der Waals surface area contributed by atoms with Crippen molar-refractivity contribution in [3.63, 3.8) is 0 Å². The Morgan fingerprint density at radius 1 is 1.29 bits per heavy atom. The van der Waals surface area contributed by atoms with Gasteiger partial charge in [-0.1, -0.05) is 0 Å². The van der Waals surface area contributed by atoms with Crippen molar-refractivity contribution in [1.82, 2.24) is 4.90 Å². The van der Waals surface area contributed by atoms with Crippen LogP contribution in [0.15, 0.2) is 18.2 Å². The van der Waals surface area contributed by atoms with E-state index in [0.29, 0.717) is 29.8 Å². The van der Waals surface area contributed by atoms with Gasteiger partial charge in [-0.2, -0.15) is 0 Å². The normalized spacial score (nSPS) is 14.1. The summed E-state index contributed by atoms with van der Waals surface area (Å²) in [6.07, 6.45) is 2.19. The van der Waals surface area contributed by atoms with E-state index < -0.39 is 0 Å². The summed E-state index contributed by atoms with van der Waals surface area (Å²) < 4.78 is 10.3. The maximum absolute atomic E-state index is 12.1. The van der Waals surface area contributed by atoms with Crippen LogP contribution < -0.4 is 14.8 Å². The molecule has 0 unspecified atom stereocenters. The van der Waals surface area contributed by atoms with E-state index in [0.717, 1.165) is 12.8 Å². The molecule has 6 nitrogen and oxygen atoms in total. The highest BCUT2D eigenvalue weighted by Crippen LogP contribution is 2.27. The summed E-state index contributed by atoms with van der Waals surface area (Å²) in [5.74, 6) is 1.14. The number of methoxy groups -OCH3 is 2. The third-order valence-electron chi connectivity index (χ3n) is 3.43. The lowest BCUT2D eigenvalue weighted by Gasteiger charge is -2.20. The highest BCUT2D eigenvalue weighted by Gasteiger charge is 2.29. The molecule has 1 aliphatic rings. The number of carbonyl (C=O) groups is 1. The number of aliphatic hydroxyl groups is 1. The second kappa shape index (κ2) is 7.28. The van der Waals surface area contributed by atoms with Crippen molar-refractivity contribution < 1.29 is 19.4 Å². The lowest BCUT2D eigenvalue weighted by molar-refractivity contribution is -0.117. The molecule has 21 heavy (non-hydrogen) atoms. The second-order valence-corrected chi connectivity index (χ2v) is 5.07. The number of hydrogen-bond acceptors (Lipinski definition) is 5. The molecular weight excluding hydrogens is 272 g/mol. The highest BCUT2D eigenvalue weighted by molar-refractivity contribution is 5.92. The third-order valence-corrected chi connectivity index (χ3v) is 3.43. The van der Waals surface area contributed by atoms with E-state index >= 15 is 0 Å². The van der Waals surface area contributed by atoms with Crippen LogP contribution in [0.5, 0.6) is 11.5 Å². The van der Waals surface area contributed by atoms with Gasteiger partial charge in [0.2, 0.25) is 5.91 Å². The fraction of sp³-hybridized carbons (Fsp3) is 0.533. The highest BCUT2D eigenvalue weighted by atomic mass is 16.5. The molecule has 1 saturated carbocycles. The van der Waals surface area contributed by atoms with E-state index in [9.17, 15) is 4.79 Å². The van der Waals surface area contributed by atoms with Gasteiger partial charge in [0.1, 0.15) is 11.5 Å². The van der Waals surface area contributed by atoms with Crippen LogP contribution in [0.2, 0.25) is 0 Å². The number of carbonyl (C=O) groups excluding carboxylic acids is 1. The zero-order valence-electron chi connectivity index (χ0n) is 12.5. The van der Waals surface area contributed by atoms with E-state index in [-0.39, 0.29) is 19.1 Å². The number of amides is 1. The number of hydrogen-bond donors (Lipinski definition) is 2. The summed E-state index contributed by atoms with van der Waals surface area (Å²) in [7, 11) is 3.13. The van der Waals surface area contributed by atoms with E-state index in [1.807, 2.05) is 4.90 Å². The Kier molecular flexibility index (Phi) is 5.41. The van der Waals surface area contributed by atoms with Crippen LogP contribution in [0.4, 0.5) is 5.69 Å². The van der Waals surface area contributed by atoms with Crippen molar-refractivity contribution in [2.75, 3.05) is 39.2 Å². The molecule has 1 fully saturated rings. The first kappa shape index (κ1) is 15.6. The molecule has 0 aromatic heterocycles. The molecule has 0 bridgehead atoms. The number of aliphatic hydroxyl groups excluding tert-OH is 1. The van der Waals surface area contributed by atoms with Crippen molar-refractivity contribution in [1.29, 1.82) is 0 Å². The van der Waals surface area contributed by atoms with Gasteiger partial charge in [0.05, 0.1) is 27.4 Å². The summed E-state index contributed by atoms with van der Waals surface area (Å²) in [5.41, 5.74) is 0.635. The summed E-state index contributed by atoms with van der Waals surface area (Å²) in [4.78, 5) is 14.1. The minimum atomic E-state index is -0.106. The summed E-state index contributed by atoms with van der Waals surface area (Å²) >= 11 is 0. The van der Waals surface area contributed by atoms with E-state index in [1.54, 1.807) is 32.4 Å². The summed E-state index contributed by atoms with van der Waals surface area (Å²) in [6, 6.07) is 5.67. The average molecular weight is 294 g/mol. The number of rotatable bonds is 8. The third kappa shape index (κ3) is 4.61. The van der Waals surface area contributed by atoms with Gasteiger partial charge in [-0.15, -0.1) is 0 Å². The molecule has 0 heterocycles. The fourth-order valence-electron chi connectivity index (χ4n) is 2.22. The molecular formula is C15H22N2O4. The lowest BCUT2D eigenvalue weighted by Crippen LogP contribution is -2.36. The molecule has 1 aliphatic carbocycles. The number of nitrogens with zero attached hydrogens (tertiary/aromatic N) is 1. The number of benzene rings is 1. The first-order valence-electron chi connectivity index (χ1n) is 7.04. The predicted molar refractivity (Wildman–Crippen MR) is 79.9 cm³/mol. The van der Waals surface area contributed by atoms with Gasteiger partial charge in [0, 0.05) is 36.5 Å². The first-order valence-corrected chi connectivity index (χ1v) is 7.04. The molecule has 116 valence electrons. The largest absolute Gasteiger partial charge is 0.497 e. The molecule has 2 N–H and O–H groups in total. The van der Waals surface area contributed by atoms with Gasteiger partial charge in [-0.25, -0.2) is 0 Å². The van der Waals surface area contributed by atoms with Crippen LogP contribution in [0.3, 0.4) is 0 Å². The van der Waals surface area contributed by atoms with Crippen molar-refractivity contribution >= 4 is 11.6 Å². The topological polar surface area (TPSA) is 71.0 Å². The Morgan fingerprint density at radius 3 is 2.38 bits per heavy atom. The minimum Gasteiger partial charge on any atom is -0.497 e. The molecule has 1 aromatic rings.